The van der Waals surface area contributed by atoms with Crippen LogP contribution >= 0.6 is 0 Å². The number of imide groups is 1. The zero-order chi connectivity index (χ0) is 24.5. The molecule has 34 heavy (non-hydrogen) atoms. The first-order chi connectivity index (χ1) is 16.1. The molecule has 4 rings (SSSR count). The standard InChI is InChI=1S/C26H20F3N3O2/c1-25(20-11-7-4-8-12-20)16-22(33)32(24(34)31(25)2)23-21(26(27,28)29)15-19(17-30-23)14-13-18-9-5-3-6-10-18/h3-12,15,17H,16H2,1-2H3/t25-/m0/s1. The maximum absolute atomic E-state index is 14.0. The number of hydrogen-bond donors (Lipinski definition) is 0. The predicted molar refractivity (Wildman–Crippen MR) is 121 cm³/mol. The third-order valence-electron chi connectivity index (χ3n) is 5.87. The SMILES string of the molecule is CN1C(=O)N(c2ncc(C#Cc3ccccc3)cc2C(F)(F)F)C(=O)C[C@@]1(C)c1ccccc1. The van der Waals surface area contributed by atoms with Gasteiger partial charge in [0.1, 0.15) is 5.56 Å². The number of carbonyl (C=O) groups is 2. The lowest BCUT2D eigenvalue weighted by Crippen LogP contribution is -2.60. The first kappa shape index (κ1) is 23.1. The van der Waals surface area contributed by atoms with E-state index >= 15 is 0 Å². The fourth-order valence-electron chi connectivity index (χ4n) is 3.84. The molecule has 1 saturated heterocycles. The summed E-state index contributed by atoms with van der Waals surface area (Å²) in [6.07, 6.45) is -3.92. The van der Waals surface area contributed by atoms with Crippen molar-refractivity contribution >= 4 is 17.8 Å². The number of amides is 3. The molecule has 0 saturated carbocycles. The number of pyridine rings is 1. The minimum atomic E-state index is -4.86. The molecule has 1 atom stereocenters. The smallest absolute Gasteiger partial charge is 0.317 e. The highest BCUT2D eigenvalue weighted by Crippen LogP contribution is 2.41. The van der Waals surface area contributed by atoms with E-state index in [9.17, 15) is 22.8 Å². The van der Waals surface area contributed by atoms with Crippen molar-refractivity contribution in [2.75, 3.05) is 11.9 Å². The lowest BCUT2D eigenvalue weighted by atomic mass is 9.85. The van der Waals surface area contributed by atoms with Crippen molar-refractivity contribution in [1.82, 2.24) is 9.88 Å². The van der Waals surface area contributed by atoms with Crippen molar-refractivity contribution in [2.24, 2.45) is 0 Å². The topological polar surface area (TPSA) is 53.5 Å². The van der Waals surface area contributed by atoms with E-state index in [1.165, 1.54) is 11.9 Å². The number of nitrogens with zero attached hydrogens (tertiary/aromatic N) is 3. The minimum absolute atomic E-state index is 0.0133. The number of urea groups is 1. The molecule has 2 heterocycles. The first-order valence-corrected chi connectivity index (χ1v) is 10.4. The van der Waals surface area contributed by atoms with E-state index in [0.29, 0.717) is 16.0 Å². The molecule has 1 aliphatic heterocycles. The van der Waals surface area contributed by atoms with Crippen molar-refractivity contribution in [3.05, 3.63) is 95.2 Å². The largest absolute Gasteiger partial charge is 0.420 e. The number of alkyl halides is 3. The normalized spacial score (nSPS) is 18.5. The summed E-state index contributed by atoms with van der Waals surface area (Å²) in [5, 5.41) is 0. The Morgan fingerprint density at radius 2 is 1.53 bits per heavy atom. The van der Waals surface area contributed by atoms with Crippen LogP contribution in [0.5, 0.6) is 0 Å². The van der Waals surface area contributed by atoms with Gasteiger partial charge in [-0.15, -0.1) is 0 Å². The van der Waals surface area contributed by atoms with E-state index in [4.69, 9.17) is 0 Å². The molecule has 1 fully saturated rings. The first-order valence-electron chi connectivity index (χ1n) is 10.4. The molecule has 0 N–H and O–H groups in total. The molecule has 0 aliphatic carbocycles. The summed E-state index contributed by atoms with van der Waals surface area (Å²) in [7, 11) is 1.46. The fourth-order valence-corrected chi connectivity index (χ4v) is 3.84. The van der Waals surface area contributed by atoms with Crippen LogP contribution in [-0.2, 0) is 16.5 Å². The molecule has 0 bridgehead atoms. The number of hydrogen-bond acceptors (Lipinski definition) is 3. The molecule has 1 aliphatic rings. The van der Waals surface area contributed by atoms with E-state index in [0.717, 1.165) is 12.3 Å². The van der Waals surface area contributed by atoms with Gasteiger partial charge in [-0.25, -0.2) is 14.7 Å². The molecule has 0 unspecified atom stereocenters. The number of rotatable bonds is 2. The Bertz CT molecular complexity index is 1300. The van der Waals surface area contributed by atoms with Crippen molar-refractivity contribution in [2.45, 2.75) is 25.1 Å². The maximum Gasteiger partial charge on any atom is 0.420 e. The van der Waals surface area contributed by atoms with Crippen LogP contribution in [0, 0.1) is 11.8 Å². The van der Waals surface area contributed by atoms with E-state index in [1.807, 2.05) is 0 Å². The summed E-state index contributed by atoms with van der Waals surface area (Å²) in [5.41, 5.74) is -0.867. The second kappa shape index (κ2) is 8.67. The van der Waals surface area contributed by atoms with Crippen LogP contribution in [0.2, 0.25) is 0 Å². The van der Waals surface area contributed by atoms with Gasteiger partial charge in [-0.3, -0.25) is 4.79 Å². The van der Waals surface area contributed by atoms with Gasteiger partial charge in [-0.2, -0.15) is 13.2 Å². The number of carbonyl (C=O) groups excluding carboxylic acids is 2. The second-order valence-electron chi connectivity index (χ2n) is 8.10. The van der Waals surface area contributed by atoms with Gasteiger partial charge in [0.15, 0.2) is 5.82 Å². The molecule has 3 amide bonds. The summed E-state index contributed by atoms with van der Waals surface area (Å²) in [4.78, 5) is 31.9. The number of halogens is 3. The molecule has 0 spiro atoms. The van der Waals surface area contributed by atoms with Gasteiger partial charge < -0.3 is 4.90 Å². The van der Waals surface area contributed by atoms with Gasteiger partial charge in [0.25, 0.3) is 0 Å². The average Bonchev–Trinajstić information content (AvgIpc) is 2.82. The van der Waals surface area contributed by atoms with Gasteiger partial charge in [0, 0.05) is 24.4 Å². The predicted octanol–water partition coefficient (Wildman–Crippen LogP) is 5.20. The van der Waals surface area contributed by atoms with Crippen molar-refractivity contribution < 1.29 is 22.8 Å². The molecule has 5 nitrogen and oxygen atoms in total. The highest BCUT2D eigenvalue weighted by molar-refractivity contribution is 6.16. The van der Waals surface area contributed by atoms with E-state index in [1.54, 1.807) is 67.6 Å². The van der Waals surface area contributed by atoms with Gasteiger partial charge in [0.05, 0.1) is 12.0 Å². The van der Waals surface area contributed by atoms with E-state index in [2.05, 4.69) is 16.8 Å². The highest BCUT2D eigenvalue weighted by atomic mass is 19.4. The Morgan fingerprint density at radius 3 is 2.15 bits per heavy atom. The fraction of sp³-hybridized carbons (Fsp3) is 0.192. The second-order valence-corrected chi connectivity index (χ2v) is 8.10. The third-order valence-corrected chi connectivity index (χ3v) is 5.87. The zero-order valence-corrected chi connectivity index (χ0v) is 18.4. The van der Waals surface area contributed by atoms with Gasteiger partial charge in [-0.1, -0.05) is 60.4 Å². The molecule has 1 aromatic heterocycles. The highest BCUT2D eigenvalue weighted by Gasteiger charge is 2.49. The minimum Gasteiger partial charge on any atom is -0.317 e. The van der Waals surface area contributed by atoms with Gasteiger partial charge in [0.2, 0.25) is 5.91 Å². The number of aromatic nitrogens is 1. The zero-order valence-electron chi connectivity index (χ0n) is 18.4. The number of benzene rings is 2. The summed E-state index contributed by atoms with van der Waals surface area (Å²) in [6.45, 7) is 1.70. The van der Waals surface area contributed by atoms with Crippen molar-refractivity contribution in [3.63, 3.8) is 0 Å². The summed E-state index contributed by atoms with van der Waals surface area (Å²) < 4.78 is 41.9. The van der Waals surface area contributed by atoms with Crippen LogP contribution in [-0.4, -0.2) is 28.9 Å². The Hall–Kier alpha value is -4.12. The quantitative estimate of drug-likeness (QED) is 0.491. The molecular formula is C26H20F3N3O2. The van der Waals surface area contributed by atoms with Crippen LogP contribution in [0.3, 0.4) is 0 Å². The van der Waals surface area contributed by atoms with Crippen LogP contribution in [0.4, 0.5) is 23.8 Å². The molecule has 8 heteroatoms. The lowest BCUT2D eigenvalue weighted by molar-refractivity contribution is -0.137. The summed E-state index contributed by atoms with van der Waals surface area (Å²) in [5.74, 6) is 3.91. The molecule has 0 radical (unpaired) electrons. The Kier molecular flexibility index (Phi) is 5.88. The molecule has 3 aromatic rings. The van der Waals surface area contributed by atoms with Crippen molar-refractivity contribution in [3.8, 4) is 11.8 Å². The Balaban J connectivity index is 1.73. The van der Waals surface area contributed by atoms with Crippen LogP contribution in [0.1, 0.15) is 35.6 Å². The lowest BCUT2D eigenvalue weighted by Gasteiger charge is -2.45. The Labute approximate surface area is 194 Å². The van der Waals surface area contributed by atoms with Crippen LogP contribution < -0.4 is 4.90 Å². The number of anilines is 1. The molecule has 2 aromatic carbocycles. The maximum atomic E-state index is 14.0. The van der Waals surface area contributed by atoms with Crippen molar-refractivity contribution in [1.29, 1.82) is 0 Å². The molecule has 172 valence electrons. The average molecular weight is 463 g/mol. The van der Waals surface area contributed by atoms with Crippen LogP contribution in [0.15, 0.2) is 72.9 Å². The summed E-state index contributed by atoms with van der Waals surface area (Å²) in [6, 6.07) is 17.6. The third kappa shape index (κ3) is 4.25. The van der Waals surface area contributed by atoms with E-state index in [-0.39, 0.29) is 12.0 Å². The monoisotopic (exact) mass is 463 g/mol. The molecular weight excluding hydrogens is 443 g/mol. The van der Waals surface area contributed by atoms with Crippen LogP contribution in [0.25, 0.3) is 0 Å². The van der Waals surface area contributed by atoms with Gasteiger partial charge in [-0.05, 0) is 30.7 Å². The van der Waals surface area contributed by atoms with Gasteiger partial charge >= 0.3 is 12.2 Å². The van der Waals surface area contributed by atoms with E-state index < -0.39 is 35.0 Å². The summed E-state index contributed by atoms with van der Waals surface area (Å²) >= 11 is 0. The Morgan fingerprint density at radius 1 is 0.941 bits per heavy atom.